The summed E-state index contributed by atoms with van der Waals surface area (Å²) in [5.74, 6) is 0.0484. The van der Waals surface area contributed by atoms with Crippen LogP contribution in [0.4, 0.5) is 5.69 Å². The van der Waals surface area contributed by atoms with Gasteiger partial charge in [0.25, 0.3) is 0 Å². The van der Waals surface area contributed by atoms with Gasteiger partial charge in [-0.3, -0.25) is 4.79 Å². The molecule has 0 aromatic heterocycles. The van der Waals surface area contributed by atoms with E-state index < -0.39 is 5.41 Å². The summed E-state index contributed by atoms with van der Waals surface area (Å²) in [5.41, 5.74) is 4.63. The van der Waals surface area contributed by atoms with E-state index in [1.54, 1.807) is 0 Å². The maximum Gasteiger partial charge on any atom is 0.239 e. The maximum absolute atomic E-state index is 13.5. The summed E-state index contributed by atoms with van der Waals surface area (Å²) in [5, 5.41) is 5.54. The summed E-state index contributed by atoms with van der Waals surface area (Å²) in [7, 11) is 0. The Hall–Kier alpha value is -3.39. The number of nitrogens with one attached hydrogen (secondary N) is 1. The van der Waals surface area contributed by atoms with Crippen LogP contribution in [0.15, 0.2) is 91.0 Å². The number of hydrogen-bond acceptors (Lipinski definition) is 1. The molecule has 0 unspecified atom stereocenters. The van der Waals surface area contributed by atoms with Crippen LogP contribution in [0.1, 0.15) is 22.3 Å². The molecular formula is C26H21NO. The van der Waals surface area contributed by atoms with Crippen LogP contribution in [0.3, 0.4) is 0 Å². The minimum absolute atomic E-state index is 0.0484. The fourth-order valence-electron chi connectivity index (χ4n) is 4.52. The molecule has 0 spiro atoms. The number of fused-ring (bicyclic) bond motifs is 2. The number of carbonyl (C=O) groups is 1. The zero-order valence-electron chi connectivity index (χ0n) is 15.8. The van der Waals surface area contributed by atoms with Crippen LogP contribution in [0, 0.1) is 6.92 Å². The van der Waals surface area contributed by atoms with Crippen molar-refractivity contribution in [2.24, 2.45) is 0 Å². The van der Waals surface area contributed by atoms with Crippen LogP contribution in [-0.4, -0.2) is 5.91 Å². The third-order valence-corrected chi connectivity index (χ3v) is 5.87. The summed E-state index contributed by atoms with van der Waals surface area (Å²) in [4.78, 5) is 13.5. The van der Waals surface area contributed by atoms with Crippen molar-refractivity contribution in [2.75, 3.05) is 5.32 Å². The van der Waals surface area contributed by atoms with Crippen molar-refractivity contribution in [3.8, 4) is 0 Å². The summed E-state index contributed by atoms with van der Waals surface area (Å²) in [6, 6.07) is 31.2. The molecule has 4 aromatic rings. The number of carbonyl (C=O) groups excluding carboxylic acids is 1. The Bertz CT molecular complexity index is 1200. The topological polar surface area (TPSA) is 29.1 Å². The van der Waals surface area contributed by atoms with Crippen molar-refractivity contribution < 1.29 is 4.79 Å². The van der Waals surface area contributed by atoms with Crippen molar-refractivity contribution in [1.29, 1.82) is 0 Å². The molecule has 0 saturated carbocycles. The molecule has 0 radical (unpaired) electrons. The molecule has 1 amide bonds. The Kier molecular flexibility index (Phi) is 3.80. The van der Waals surface area contributed by atoms with E-state index in [4.69, 9.17) is 0 Å². The van der Waals surface area contributed by atoms with Crippen LogP contribution in [-0.2, 0) is 16.6 Å². The molecule has 1 N–H and O–H groups in total. The third-order valence-electron chi connectivity index (χ3n) is 5.87. The monoisotopic (exact) mass is 363 g/mol. The van der Waals surface area contributed by atoms with E-state index in [0.717, 1.165) is 22.4 Å². The zero-order valence-corrected chi connectivity index (χ0v) is 15.8. The summed E-state index contributed by atoms with van der Waals surface area (Å²) < 4.78 is 0. The number of anilines is 1. The molecule has 0 fully saturated rings. The van der Waals surface area contributed by atoms with Gasteiger partial charge in [0.05, 0.1) is 0 Å². The molecule has 136 valence electrons. The lowest BCUT2D eigenvalue weighted by Gasteiger charge is -2.29. The van der Waals surface area contributed by atoms with E-state index in [9.17, 15) is 4.79 Å². The highest BCUT2D eigenvalue weighted by molar-refractivity contribution is 6.09. The van der Waals surface area contributed by atoms with Gasteiger partial charge in [-0.1, -0.05) is 90.5 Å². The lowest BCUT2D eigenvalue weighted by atomic mass is 9.70. The first-order valence-corrected chi connectivity index (χ1v) is 9.63. The van der Waals surface area contributed by atoms with Crippen molar-refractivity contribution in [3.63, 3.8) is 0 Å². The Labute approximate surface area is 164 Å². The molecule has 1 aliphatic heterocycles. The molecule has 5 rings (SSSR count). The second-order valence-corrected chi connectivity index (χ2v) is 7.59. The van der Waals surface area contributed by atoms with Gasteiger partial charge in [0.15, 0.2) is 0 Å². The van der Waals surface area contributed by atoms with E-state index in [1.165, 1.54) is 16.3 Å². The average Bonchev–Trinajstić information content (AvgIpc) is 3.01. The first-order chi connectivity index (χ1) is 13.7. The van der Waals surface area contributed by atoms with Gasteiger partial charge in [0.1, 0.15) is 5.41 Å². The summed E-state index contributed by atoms with van der Waals surface area (Å²) in [6.45, 7) is 2.08. The Balaban J connectivity index is 1.78. The van der Waals surface area contributed by atoms with E-state index in [-0.39, 0.29) is 5.91 Å². The maximum atomic E-state index is 13.5. The molecule has 1 atom stereocenters. The number of benzene rings is 4. The van der Waals surface area contributed by atoms with Crippen LogP contribution in [0.2, 0.25) is 0 Å². The van der Waals surface area contributed by atoms with E-state index in [0.29, 0.717) is 6.42 Å². The minimum Gasteiger partial charge on any atom is -0.325 e. The van der Waals surface area contributed by atoms with Crippen LogP contribution in [0.25, 0.3) is 10.8 Å². The second kappa shape index (κ2) is 6.35. The second-order valence-electron chi connectivity index (χ2n) is 7.59. The molecule has 0 saturated heterocycles. The van der Waals surface area contributed by atoms with Gasteiger partial charge in [-0.2, -0.15) is 0 Å². The van der Waals surface area contributed by atoms with Crippen molar-refractivity contribution >= 4 is 22.4 Å². The van der Waals surface area contributed by atoms with Gasteiger partial charge >= 0.3 is 0 Å². The van der Waals surface area contributed by atoms with Crippen molar-refractivity contribution in [2.45, 2.75) is 18.8 Å². The van der Waals surface area contributed by atoms with Gasteiger partial charge in [0.2, 0.25) is 5.91 Å². The van der Waals surface area contributed by atoms with Crippen LogP contribution >= 0.6 is 0 Å². The summed E-state index contributed by atoms with van der Waals surface area (Å²) >= 11 is 0. The lowest BCUT2D eigenvalue weighted by Crippen LogP contribution is -2.38. The van der Waals surface area contributed by atoms with E-state index >= 15 is 0 Å². The molecule has 2 heteroatoms. The number of para-hydroxylation sites is 1. The molecular weight excluding hydrogens is 342 g/mol. The Morgan fingerprint density at radius 1 is 0.821 bits per heavy atom. The predicted octanol–water partition coefficient (Wildman–Crippen LogP) is 5.63. The molecule has 1 aliphatic rings. The van der Waals surface area contributed by atoms with Crippen LogP contribution < -0.4 is 5.32 Å². The number of amides is 1. The minimum atomic E-state index is -0.729. The molecule has 4 aromatic carbocycles. The molecule has 28 heavy (non-hydrogen) atoms. The largest absolute Gasteiger partial charge is 0.325 e. The number of rotatable bonds is 3. The van der Waals surface area contributed by atoms with Gasteiger partial charge in [-0.25, -0.2) is 0 Å². The number of hydrogen-bond donors (Lipinski definition) is 1. The average molecular weight is 363 g/mol. The fraction of sp³-hybridized carbons (Fsp3) is 0.115. The fourth-order valence-corrected chi connectivity index (χ4v) is 4.52. The van der Waals surface area contributed by atoms with E-state index in [1.807, 2.05) is 24.3 Å². The highest BCUT2D eigenvalue weighted by atomic mass is 16.2. The summed E-state index contributed by atoms with van der Waals surface area (Å²) in [6.07, 6.45) is 0.626. The quantitative estimate of drug-likeness (QED) is 0.502. The van der Waals surface area contributed by atoms with Crippen LogP contribution in [0.5, 0.6) is 0 Å². The molecule has 0 bridgehead atoms. The normalized spacial score (nSPS) is 18.1. The standard InChI is InChI=1S/C26H21NO/c1-18-8-6-12-21(16-18)26(23-14-4-5-15-24(23)27-25(26)28)17-20-11-7-10-19-9-2-3-13-22(19)20/h2-16H,17H2,1H3,(H,27,28)/t26-/m0/s1. The first kappa shape index (κ1) is 16.8. The SMILES string of the molecule is Cc1cccc([C@]2(Cc3cccc4ccccc34)C(=O)Nc3ccccc32)c1. The van der Waals surface area contributed by atoms with Crippen molar-refractivity contribution in [3.05, 3.63) is 113 Å². The molecule has 2 nitrogen and oxygen atoms in total. The smallest absolute Gasteiger partial charge is 0.239 e. The zero-order chi connectivity index (χ0) is 19.1. The lowest BCUT2D eigenvalue weighted by molar-refractivity contribution is -0.119. The highest BCUT2D eigenvalue weighted by Gasteiger charge is 2.48. The first-order valence-electron chi connectivity index (χ1n) is 9.63. The van der Waals surface area contributed by atoms with Crippen molar-refractivity contribution in [1.82, 2.24) is 0 Å². The van der Waals surface area contributed by atoms with Gasteiger partial charge in [-0.15, -0.1) is 0 Å². The molecule has 1 heterocycles. The third kappa shape index (κ3) is 2.45. The predicted molar refractivity (Wildman–Crippen MR) is 115 cm³/mol. The Morgan fingerprint density at radius 2 is 1.57 bits per heavy atom. The highest BCUT2D eigenvalue weighted by Crippen LogP contribution is 2.46. The number of aryl methyl sites for hydroxylation is 1. The Morgan fingerprint density at radius 3 is 2.46 bits per heavy atom. The van der Waals surface area contributed by atoms with Gasteiger partial charge < -0.3 is 5.32 Å². The van der Waals surface area contributed by atoms with Gasteiger partial charge in [0, 0.05) is 5.69 Å². The van der Waals surface area contributed by atoms with Gasteiger partial charge in [-0.05, 0) is 46.9 Å². The van der Waals surface area contributed by atoms with E-state index in [2.05, 4.69) is 79.0 Å². The molecule has 0 aliphatic carbocycles.